The lowest BCUT2D eigenvalue weighted by atomic mass is 10.1. The maximum absolute atomic E-state index is 12.2. The summed E-state index contributed by atoms with van der Waals surface area (Å²) in [4.78, 5) is 14.4. The van der Waals surface area contributed by atoms with E-state index in [2.05, 4.69) is 11.8 Å². The zero-order chi connectivity index (χ0) is 11.5. The number of Topliss-reactive ketones (excluding diaryl/α,β-unsaturated/α-hetero) is 1. The van der Waals surface area contributed by atoms with Crippen LogP contribution in [0.3, 0.4) is 0 Å². The fourth-order valence-corrected chi connectivity index (χ4v) is 2.02. The van der Waals surface area contributed by atoms with Crippen molar-refractivity contribution in [1.82, 2.24) is 4.90 Å². The van der Waals surface area contributed by atoms with E-state index in [4.69, 9.17) is 0 Å². The third-order valence-corrected chi connectivity index (χ3v) is 3.01. The first kappa shape index (κ1) is 10.9. The Balaban J connectivity index is 2.22. The summed E-state index contributed by atoms with van der Waals surface area (Å²) in [6.45, 7) is 6.00. The Morgan fingerprint density at radius 2 is 2.00 bits per heavy atom. The minimum Gasteiger partial charge on any atom is -0.369 e. The molecule has 0 unspecified atom stereocenters. The normalized spacial score (nSPS) is 15.1. The van der Waals surface area contributed by atoms with Crippen LogP contribution in [-0.2, 0) is 0 Å². The lowest BCUT2D eigenvalue weighted by Gasteiger charge is -2.19. The highest BCUT2D eigenvalue weighted by Crippen LogP contribution is 2.19. The number of hydrogen-bond donors (Lipinski definition) is 0. The maximum atomic E-state index is 12.2. The van der Waals surface area contributed by atoms with E-state index in [9.17, 15) is 4.79 Å². The molecule has 0 aliphatic carbocycles. The van der Waals surface area contributed by atoms with Gasteiger partial charge in [0.2, 0.25) is 5.78 Å². The minimum atomic E-state index is 0.152. The molecule has 0 fully saturated rings. The molecule has 1 aliphatic heterocycles. The number of carbonyl (C=O) groups excluding carboxylic acids is 1. The Hall–Kier alpha value is -1.57. The maximum Gasteiger partial charge on any atom is 0.208 e. The number of likely N-dealkylation sites (N-methyl/N-ethyl adjacent to an activating group) is 1. The van der Waals surface area contributed by atoms with Gasteiger partial charge in [-0.15, -0.1) is 0 Å². The molecule has 0 amide bonds. The summed E-state index contributed by atoms with van der Waals surface area (Å²) >= 11 is 0. The van der Waals surface area contributed by atoms with Crippen LogP contribution >= 0.6 is 0 Å². The molecule has 0 atom stereocenters. The van der Waals surface area contributed by atoms with E-state index in [0.717, 1.165) is 30.8 Å². The van der Waals surface area contributed by atoms with Gasteiger partial charge >= 0.3 is 0 Å². The number of allylic oxidation sites excluding steroid dienone is 1. The van der Waals surface area contributed by atoms with Gasteiger partial charge in [-0.05, 0) is 20.3 Å². The molecule has 0 saturated heterocycles. The van der Waals surface area contributed by atoms with Gasteiger partial charge in [-0.3, -0.25) is 4.79 Å². The van der Waals surface area contributed by atoms with Crippen LogP contribution in [0.2, 0.25) is 0 Å². The predicted octanol–water partition coefficient (Wildman–Crippen LogP) is 2.79. The largest absolute Gasteiger partial charge is 0.369 e. The summed E-state index contributed by atoms with van der Waals surface area (Å²) in [5.74, 6) is 0.152. The fraction of sp³-hybridized carbons (Fsp3) is 0.357. The van der Waals surface area contributed by atoms with Crippen LogP contribution in [-0.4, -0.2) is 23.8 Å². The molecular weight excluding hydrogens is 198 g/mol. The summed E-state index contributed by atoms with van der Waals surface area (Å²) in [6, 6.07) is 7.79. The molecule has 0 bridgehead atoms. The van der Waals surface area contributed by atoms with Crippen LogP contribution in [0.1, 0.15) is 29.3 Å². The Bertz CT molecular complexity index is 417. The molecule has 0 N–H and O–H groups in total. The van der Waals surface area contributed by atoms with Gasteiger partial charge in [-0.1, -0.05) is 35.9 Å². The van der Waals surface area contributed by atoms with Crippen molar-refractivity contribution in [2.45, 2.75) is 20.3 Å². The monoisotopic (exact) mass is 215 g/mol. The zero-order valence-corrected chi connectivity index (χ0v) is 9.86. The molecule has 0 spiro atoms. The van der Waals surface area contributed by atoms with Gasteiger partial charge < -0.3 is 4.90 Å². The van der Waals surface area contributed by atoms with Crippen molar-refractivity contribution in [3.63, 3.8) is 0 Å². The van der Waals surface area contributed by atoms with E-state index in [1.54, 1.807) is 0 Å². The second-order valence-electron chi connectivity index (χ2n) is 4.15. The second kappa shape index (κ2) is 4.52. The Kier molecular flexibility index (Phi) is 3.09. The van der Waals surface area contributed by atoms with Gasteiger partial charge in [0.15, 0.2) is 0 Å². The molecule has 84 valence electrons. The van der Waals surface area contributed by atoms with Crippen molar-refractivity contribution in [2.75, 3.05) is 13.1 Å². The average Bonchev–Trinajstić information content (AvgIpc) is 2.77. The van der Waals surface area contributed by atoms with Gasteiger partial charge in [0.1, 0.15) is 0 Å². The highest BCUT2D eigenvalue weighted by atomic mass is 16.1. The van der Waals surface area contributed by atoms with Gasteiger partial charge in [0.05, 0.1) is 5.70 Å². The van der Waals surface area contributed by atoms with Crippen molar-refractivity contribution >= 4 is 5.78 Å². The molecule has 2 heteroatoms. The zero-order valence-electron chi connectivity index (χ0n) is 9.86. The number of carbonyl (C=O) groups is 1. The number of benzene rings is 1. The minimum absolute atomic E-state index is 0.152. The molecule has 16 heavy (non-hydrogen) atoms. The highest BCUT2D eigenvalue weighted by molar-refractivity contribution is 6.08. The second-order valence-corrected chi connectivity index (χ2v) is 4.15. The molecule has 1 aliphatic rings. The topological polar surface area (TPSA) is 20.3 Å². The van der Waals surface area contributed by atoms with Crippen molar-refractivity contribution < 1.29 is 4.79 Å². The molecule has 1 heterocycles. The highest BCUT2D eigenvalue weighted by Gasteiger charge is 2.20. The third-order valence-electron chi connectivity index (χ3n) is 3.01. The van der Waals surface area contributed by atoms with Crippen molar-refractivity contribution in [1.29, 1.82) is 0 Å². The summed E-state index contributed by atoms with van der Waals surface area (Å²) in [5.41, 5.74) is 2.84. The lowest BCUT2D eigenvalue weighted by Crippen LogP contribution is -2.24. The number of hydrogen-bond acceptors (Lipinski definition) is 2. The van der Waals surface area contributed by atoms with E-state index in [0.29, 0.717) is 0 Å². The number of rotatable bonds is 3. The predicted molar refractivity (Wildman–Crippen MR) is 65.5 cm³/mol. The van der Waals surface area contributed by atoms with Crippen molar-refractivity contribution in [3.8, 4) is 0 Å². The Labute approximate surface area is 96.6 Å². The van der Waals surface area contributed by atoms with E-state index in [1.165, 1.54) is 5.56 Å². The summed E-state index contributed by atoms with van der Waals surface area (Å²) in [5, 5.41) is 0. The van der Waals surface area contributed by atoms with Crippen LogP contribution in [0.5, 0.6) is 0 Å². The van der Waals surface area contributed by atoms with Crippen LogP contribution in [0.4, 0.5) is 0 Å². The van der Waals surface area contributed by atoms with E-state index < -0.39 is 0 Å². The summed E-state index contributed by atoms with van der Waals surface area (Å²) in [6.07, 6.45) is 3.03. The molecular formula is C14H17NO. The smallest absolute Gasteiger partial charge is 0.208 e. The molecule has 0 radical (unpaired) electrons. The molecule has 0 aromatic heterocycles. The van der Waals surface area contributed by atoms with Gasteiger partial charge in [-0.25, -0.2) is 0 Å². The van der Waals surface area contributed by atoms with E-state index in [1.807, 2.05) is 37.3 Å². The SMILES string of the molecule is CCN1CCC=C1C(=O)c1ccc(C)cc1. The first-order valence-electron chi connectivity index (χ1n) is 5.79. The standard InChI is InChI=1S/C14H17NO/c1-3-15-10-4-5-13(15)14(16)12-8-6-11(2)7-9-12/h5-9H,3-4,10H2,1-2H3. The summed E-state index contributed by atoms with van der Waals surface area (Å²) < 4.78 is 0. The van der Waals surface area contributed by atoms with Gasteiger partial charge in [0.25, 0.3) is 0 Å². The first-order chi connectivity index (χ1) is 7.72. The fourth-order valence-electron chi connectivity index (χ4n) is 2.02. The van der Waals surface area contributed by atoms with Crippen molar-refractivity contribution in [2.24, 2.45) is 0 Å². The molecule has 1 aromatic rings. The molecule has 0 saturated carbocycles. The third kappa shape index (κ3) is 2.01. The Morgan fingerprint density at radius 3 is 2.62 bits per heavy atom. The van der Waals surface area contributed by atoms with E-state index >= 15 is 0 Å². The van der Waals surface area contributed by atoms with E-state index in [-0.39, 0.29) is 5.78 Å². The van der Waals surface area contributed by atoms with Crippen molar-refractivity contribution in [3.05, 3.63) is 47.2 Å². The number of ketones is 1. The quantitative estimate of drug-likeness (QED) is 0.723. The average molecular weight is 215 g/mol. The van der Waals surface area contributed by atoms with Crippen LogP contribution in [0.25, 0.3) is 0 Å². The number of aryl methyl sites for hydroxylation is 1. The molecule has 1 aromatic carbocycles. The van der Waals surface area contributed by atoms with Gasteiger partial charge in [-0.2, -0.15) is 0 Å². The lowest BCUT2D eigenvalue weighted by molar-refractivity contribution is 0.0998. The van der Waals surface area contributed by atoms with Crippen LogP contribution in [0, 0.1) is 6.92 Å². The van der Waals surface area contributed by atoms with Crippen LogP contribution in [0.15, 0.2) is 36.0 Å². The Morgan fingerprint density at radius 1 is 1.31 bits per heavy atom. The number of nitrogens with zero attached hydrogens (tertiary/aromatic N) is 1. The summed E-state index contributed by atoms with van der Waals surface area (Å²) in [7, 11) is 0. The van der Waals surface area contributed by atoms with Crippen LogP contribution < -0.4 is 0 Å². The molecule has 2 rings (SSSR count). The first-order valence-corrected chi connectivity index (χ1v) is 5.79. The van der Waals surface area contributed by atoms with Gasteiger partial charge in [0, 0.05) is 18.7 Å². The molecule has 2 nitrogen and oxygen atoms in total.